The molecule has 0 aliphatic carbocycles. The van der Waals surface area contributed by atoms with Crippen molar-refractivity contribution in [3.63, 3.8) is 0 Å². The Labute approximate surface area is 161 Å². The van der Waals surface area contributed by atoms with Gasteiger partial charge in [0.15, 0.2) is 0 Å². The second-order valence-electron chi connectivity index (χ2n) is 6.46. The van der Waals surface area contributed by atoms with Gasteiger partial charge in [-0.15, -0.1) is 11.3 Å². The number of hydrogen-bond donors (Lipinski definition) is 1. The largest absolute Gasteiger partial charge is 0.479 e. The van der Waals surface area contributed by atoms with Gasteiger partial charge >= 0.3 is 0 Å². The summed E-state index contributed by atoms with van der Waals surface area (Å²) in [4.78, 5) is 16.3. The van der Waals surface area contributed by atoms with E-state index in [-0.39, 0.29) is 17.7 Å². The number of amides is 1. The Hall–Kier alpha value is -2.64. The molecule has 1 aliphatic rings. The van der Waals surface area contributed by atoms with E-state index in [1.807, 2.05) is 29.5 Å². The molecule has 0 spiro atoms. The van der Waals surface area contributed by atoms with Crippen molar-refractivity contribution in [2.45, 2.75) is 19.0 Å². The van der Waals surface area contributed by atoms with Gasteiger partial charge in [-0.05, 0) is 34.2 Å². The SMILES string of the molecule is COc1cc(C(=O)NCC(c2ccccc2)N2CCc3sccc3C2)on1. The van der Waals surface area contributed by atoms with E-state index >= 15 is 0 Å². The number of carbonyl (C=O) groups excluding carboxylic acids is 1. The van der Waals surface area contributed by atoms with Gasteiger partial charge in [0.1, 0.15) is 0 Å². The van der Waals surface area contributed by atoms with Crippen molar-refractivity contribution in [1.82, 2.24) is 15.4 Å². The Morgan fingerprint density at radius 3 is 3.00 bits per heavy atom. The zero-order valence-electron chi connectivity index (χ0n) is 15.1. The lowest BCUT2D eigenvalue weighted by atomic mass is 10.0. The lowest BCUT2D eigenvalue weighted by Gasteiger charge is -2.35. The molecule has 1 amide bonds. The Morgan fingerprint density at radius 1 is 1.37 bits per heavy atom. The zero-order valence-corrected chi connectivity index (χ0v) is 15.9. The normalized spacial score (nSPS) is 15.1. The molecule has 27 heavy (non-hydrogen) atoms. The maximum atomic E-state index is 12.4. The number of hydrogen-bond acceptors (Lipinski definition) is 6. The van der Waals surface area contributed by atoms with Crippen LogP contribution in [0.4, 0.5) is 0 Å². The Kier molecular flexibility index (Phi) is 5.22. The summed E-state index contributed by atoms with van der Waals surface area (Å²) in [5, 5.41) is 8.82. The summed E-state index contributed by atoms with van der Waals surface area (Å²) in [5.41, 5.74) is 2.57. The molecule has 0 radical (unpaired) electrons. The number of nitrogens with zero attached hydrogens (tertiary/aromatic N) is 2. The average molecular weight is 383 g/mol. The summed E-state index contributed by atoms with van der Waals surface area (Å²) in [6.07, 6.45) is 1.05. The highest BCUT2D eigenvalue weighted by Gasteiger charge is 2.26. The molecule has 2 aromatic heterocycles. The highest BCUT2D eigenvalue weighted by molar-refractivity contribution is 7.10. The van der Waals surface area contributed by atoms with E-state index in [1.54, 1.807) is 0 Å². The summed E-state index contributed by atoms with van der Waals surface area (Å²) in [7, 11) is 1.49. The molecule has 0 saturated carbocycles. The molecule has 3 aromatic rings. The summed E-state index contributed by atoms with van der Waals surface area (Å²) in [5.74, 6) is 0.151. The molecule has 7 heteroatoms. The van der Waals surface area contributed by atoms with Gasteiger partial charge in [0.25, 0.3) is 11.8 Å². The van der Waals surface area contributed by atoms with Gasteiger partial charge in [-0.3, -0.25) is 9.69 Å². The van der Waals surface area contributed by atoms with Crippen molar-refractivity contribution in [2.75, 3.05) is 20.2 Å². The summed E-state index contributed by atoms with van der Waals surface area (Å²) in [6, 6.07) is 14.1. The topological polar surface area (TPSA) is 67.6 Å². The molecule has 1 N–H and O–H groups in total. The van der Waals surface area contributed by atoms with Crippen molar-refractivity contribution in [3.8, 4) is 5.88 Å². The van der Waals surface area contributed by atoms with Crippen molar-refractivity contribution < 1.29 is 14.1 Å². The van der Waals surface area contributed by atoms with Gasteiger partial charge in [0.2, 0.25) is 5.76 Å². The summed E-state index contributed by atoms with van der Waals surface area (Å²) < 4.78 is 10.0. The van der Waals surface area contributed by atoms with Gasteiger partial charge in [-0.2, -0.15) is 0 Å². The van der Waals surface area contributed by atoms with E-state index in [4.69, 9.17) is 9.26 Å². The standard InChI is InChI=1S/C20H21N3O3S/c1-25-19-11-17(26-22-19)20(24)21-12-16(14-5-3-2-4-6-14)23-9-7-18-15(13-23)8-10-27-18/h2-6,8,10-11,16H,7,9,12-13H2,1H3,(H,21,24). The molecule has 1 atom stereocenters. The van der Waals surface area contributed by atoms with Crippen LogP contribution in [0.5, 0.6) is 5.88 Å². The van der Waals surface area contributed by atoms with E-state index in [0.29, 0.717) is 12.4 Å². The van der Waals surface area contributed by atoms with E-state index in [0.717, 1.165) is 19.5 Å². The van der Waals surface area contributed by atoms with E-state index in [9.17, 15) is 4.79 Å². The van der Waals surface area contributed by atoms with Crippen molar-refractivity contribution >= 4 is 17.2 Å². The first kappa shape index (κ1) is 17.8. The molecule has 0 saturated heterocycles. The minimum Gasteiger partial charge on any atom is -0.479 e. The fourth-order valence-electron chi connectivity index (χ4n) is 3.41. The Balaban J connectivity index is 1.50. The third-order valence-electron chi connectivity index (χ3n) is 4.84. The lowest BCUT2D eigenvalue weighted by molar-refractivity contribution is 0.0891. The van der Waals surface area contributed by atoms with Crippen molar-refractivity contribution in [1.29, 1.82) is 0 Å². The van der Waals surface area contributed by atoms with Crippen LogP contribution in [0.2, 0.25) is 0 Å². The summed E-state index contributed by atoms with van der Waals surface area (Å²) in [6.45, 7) is 2.36. The van der Waals surface area contributed by atoms with Crippen LogP contribution >= 0.6 is 11.3 Å². The fraction of sp³-hybridized carbons (Fsp3) is 0.300. The molecule has 0 bridgehead atoms. The van der Waals surface area contributed by atoms with Crippen LogP contribution in [0, 0.1) is 0 Å². The van der Waals surface area contributed by atoms with Gasteiger partial charge in [-0.25, -0.2) is 0 Å². The Bertz CT molecular complexity index is 906. The zero-order chi connectivity index (χ0) is 18.6. The molecule has 1 aliphatic heterocycles. The van der Waals surface area contributed by atoms with Gasteiger partial charge in [0.05, 0.1) is 19.2 Å². The molecule has 1 aromatic carbocycles. The predicted molar refractivity (Wildman–Crippen MR) is 103 cm³/mol. The minimum absolute atomic E-state index is 0.0908. The minimum atomic E-state index is -0.292. The summed E-state index contributed by atoms with van der Waals surface area (Å²) >= 11 is 1.83. The monoisotopic (exact) mass is 383 g/mol. The maximum Gasteiger partial charge on any atom is 0.290 e. The number of ether oxygens (including phenoxy) is 1. The third kappa shape index (κ3) is 3.89. The quantitative estimate of drug-likeness (QED) is 0.708. The first-order chi connectivity index (χ1) is 13.2. The smallest absolute Gasteiger partial charge is 0.290 e. The number of thiophene rings is 1. The predicted octanol–water partition coefficient (Wildman–Crippen LogP) is 3.27. The van der Waals surface area contributed by atoms with Gasteiger partial charge in [0, 0.05) is 24.5 Å². The van der Waals surface area contributed by atoms with Crippen LogP contribution in [0.25, 0.3) is 0 Å². The number of fused-ring (bicyclic) bond motifs is 1. The second-order valence-corrected chi connectivity index (χ2v) is 7.46. The van der Waals surface area contributed by atoms with Gasteiger partial charge < -0.3 is 14.6 Å². The number of aromatic nitrogens is 1. The average Bonchev–Trinajstić information content (AvgIpc) is 3.37. The van der Waals surface area contributed by atoms with Crippen LogP contribution in [0.3, 0.4) is 0 Å². The first-order valence-corrected chi connectivity index (χ1v) is 9.75. The van der Waals surface area contributed by atoms with Crippen LogP contribution in [0.15, 0.2) is 52.4 Å². The number of methoxy groups -OCH3 is 1. The van der Waals surface area contributed by atoms with E-state index in [2.05, 4.69) is 39.0 Å². The second kappa shape index (κ2) is 7.94. The third-order valence-corrected chi connectivity index (χ3v) is 5.86. The molecular formula is C20H21N3O3S. The van der Waals surface area contributed by atoms with Crippen molar-refractivity contribution in [3.05, 3.63) is 69.6 Å². The van der Waals surface area contributed by atoms with Crippen LogP contribution in [-0.4, -0.2) is 36.2 Å². The van der Waals surface area contributed by atoms with Crippen molar-refractivity contribution in [2.24, 2.45) is 0 Å². The lowest BCUT2D eigenvalue weighted by Crippen LogP contribution is -2.40. The fourth-order valence-corrected chi connectivity index (χ4v) is 4.30. The maximum absolute atomic E-state index is 12.4. The molecule has 1 unspecified atom stereocenters. The first-order valence-electron chi connectivity index (χ1n) is 8.87. The Morgan fingerprint density at radius 2 is 2.22 bits per heavy atom. The number of rotatable bonds is 6. The molecule has 4 rings (SSSR count). The highest BCUT2D eigenvalue weighted by atomic mass is 32.1. The molecule has 3 heterocycles. The number of nitrogens with one attached hydrogen (secondary N) is 1. The van der Waals surface area contributed by atoms with Crippen LogP contribution < -0.4 is 10.1 Å². The van der Waals surface area contributed by atoms with Gasteiger partial charge in [-0.1, -0.05) is 30.3 Å². The molecule has 6 nitrogen and oxygen atoms in total. The van der Waals surface area contributed by atoms with Crippen LogP contribution in [0.1, 0.15) is 32.6 Å². The highest BCUT2D eigenvalue weighted by Crippen LogP contribution is 2.30. The number of benzene rings is 1. The number of carbonyl (C=O) groups is 1. The molecular weight excluding hydrogens is 362 g/mol. The van der Waals surface area contributed by atoms with E-state index in [1.165, 1.54) is 29.2 Å². The molecule has 140 valence electrons. The van der Waals surface area contributed by atoms with Crippen LogP contribution in [-0.2, 0) is 13.0 Å². The van der Waals surface area contributed by atoms with E-state index < -0.39 is 0 Å². The molecule has 0 fully saturated rings.